The molecule has 1 saturated heterocycles. The van der Waals surface area contributed by atoms with Crippen molar-refractivity contribution in [2.24, 2.45) is 5.92 Å². The number of ether oxygens (including phenoxy) is 2. The molecule has 0 bridgehead atoms. The summed E-state index contributed by atoms with van der Waals surface area (Å²) in [7, 11) is 0. The van der Waals surface area contributed by atoms with Crippen LogP contribution in [0.5, 0.6) is 0 Å². The van der Waals surface area contributed by atoms with Gasteiger partial charge < -0.3 is 14.4 Å². The van der Waals surface area contributed by atoms with Crippen molar-refractivity contribution in [1.82, 2.24) is 4.90 Å². The lowest BCUT2D eigenvalue weighted by Gasteiger charge is -2.30. The fraction of sp³-hybridized carbons (Fsp3) is 0.882. The molecule has 1 unspecified atom stereocenters. The lowest BCUT2D eigenvalue weighted by atomic mass is 9.98. The molecule has 5 heteroatoms. The van der Waals surface area contributed by atoms with Gasteiger partial charge in [0.2, 0.25) is 0 Å². The van der Waals surface area contributed by atoms with E-state index in [4.69, 9.17) is 9.47 Å². The summed E-state index contributed by atoms with van der Waals surface area (Å²) in [5, 5.41) is 0. The van der Waals surface area contributed by atoms with E-state index in [1.165, 1.54) is 0 Å². The smallest absolute Gasteiger partial charge is 0.410 e. The molecule has 0 aromatic heterocycles. The molecule has 22 heavy (non-hydrogen) atoms. The zero-order valence-corrected chi connectivity index (χ0v) is 14.5. The number of rotatable bonds is 2. The predicted octanol–water partition coefficient (Wildman–Crippen LogP) is 3.76. The molecule has 1 amide bonds. The molecule has 5 nitrogen and oxygen atoms in total. The molecule has 1 aliphatic rings. The maximum absolute atomic E-state index is 12.4. The van der Waals surface area contributed by atoms with E-state index in [1.54, 1.807) is 4.90 Å². The van der Waals surface area contributed by atoms with Gasteiger partial charge in [0.15, 0.2) is 0 Å². The van der Waals surface area contributed by atoms with Crippen molar-refractivity contribution in [3.8, 4) is 0 Å². The van der Waals surface area contributed by atoms with E-state index in [0.717, 1.165) is 38.5 Å². The molecule has 0 spiro atoms. The molecule has 1 atom stereocenters. The third-order valence-electron chi connectivity index (χ3n) is 3.69. The molecule has 0 N–H and O–H groups in total. The topological polar surface area (TPSA) is 55.8 Å². The molecule has 0 aromatic rings. The number of carbonyl (C=O) groups is 2. The Kier molecular flexibility index (Phi) is 7.69. The molecule has 0 saturated carbocycles. The van der Waals surface area contributed by atoms with Crippen molar-refractivity contribution in [2.45, 2.75) is 71.8 Å². The van der Waals surface area contributed by atoms with Gasteiger partial charge in [-0.3, -0.25) is 4.79 Å². The predicted molar refractivity (Wildman–Crippen MR) is 85.6 cm³/mol. The van der Waals surface area contributed by atoms with E-state index in [-0.39, 0.29) is 18.0 Å². The SMILES string of the molecule is CCOC(=O)C1CCCCCCCN(C(=O)OC(C)(C)C)C1. The first-order valence-electron chi connectivity index (χ1n) is 8.48. The van der Waals surface area contributed by atoms with Crippen LogP contribution in [0.4, 0.5) is 4.79 Å². The minimum Gasteiger partial charge on any atom is -0.466 e. The summed E-state index contributed by atoms with van der Waals surface area (Å²) < 4.78 is 10.6. The fourth-order valence-electron chi connectivity index (χ4n) is 2.62. The van der Waals surface area contributed by atoms with Gasteiger partial charge >= 0.3 is 12.1 Å². The first-order chi connectivity index (χ1) is 10.3. The van der Waals surface area contributed by atoms with Crippen LogP contribution in [0.15, 0.2) is 0 Å². The summed E-state index contributed by atoms with van der Waals surface area (Å²) in [6.45, 7) is 8.79. The van der Waals surface area contributed by atoms with Crippen molar-refractivity contribution in [3.05, 3.63) is 0 Å². The van der Waals surface area contributed by atoms with E-state index >= 15 is 0 Å². The number of hydrogen-bond acceptors (Lipinski definition) is 4. The van der Waals surface area contributed by atoms with E-state index in [9.17, 15) is 9.59 Å². The minimum atomic E-state index is -0.522. The second kappa shape index (κ2) is 9.01. The van der Waals surface area contributed by atoms with Gasteiger partial charge in [-0.15, -0.1) is 0 Å². The van der Waals surface area contributed by atoms with Gasteiger partial charge in [-0.2, -0.15) is 0 Å². The Hall–Kier alpha value is -1.26. The maximum Gasteiger partial charge on any atom is 0.410 e. The van der Waals surface area contributed by atoms with Crippen LogP contribution in [0.1, 0.15) is 66.2 Å². The van der Waals surface area contributed by atoms with E-state index in [1.807, 2.05) is 27.7 Å². The van der Waals surface area contributed by atoms with Crippen molar-refractivity contribution in [2.75, 3.05) is 19.7 Å². The zero-order chi connectivity index (χ0) is 16.6. The summed E-state index contributed by atoms with van der Waals surface area (Å²) >= 11 is 0. The van der Waals surface area contributed by atoms with Gasteiger partial charge in [0.05, 0.1) is 12.5 Å². The second-order valence-corrected chi connectivity index (χ2v) is 6.93. The highest BCUT2D eigenvalue weighted by Gasteiger charge is 2.28. The zero-order valence-electron chi connectivity index (χ0n) is 14.5. The molecular formula is C17H31NO4. The van der Waals surface area contributed by atoms with Crippen LogP contribution in [0, 0.1) is 5.92 Å². The maximum atomic E-state index is 12.4. The molecular weight excluding hydrogens is 282 g/mol. The van der Waals surface area contributed by atoms with Crippen molar-refractivity contribution < 1.29 is 19.1 Å². The van der Waals surface area contributed by atoms with Crippen LogP contribution in [0.25, 0.3) is 0 Å². The lowest BCUT2D eigenvalue weighted by molar-refractivity contribution is -0.148. The Bertz CT molecular complexity index is 362. The van der Waals surface area contributed by atoms with Gasteiger partial charge in [-0.1, -0.05) is 25.7 Å². The van der Waals surface area contributed by atoms with E-state index < -0.39 is 5.60 Å². The average molecular weight is 313 g/mol. The van der Waals surface area contributed by atoms with Gasteiger partial charge in [0.25, 0.3) is 0 Å². The van der Waals surface area contributed by atoms with Crippen LogP contribution in [-0.2, 0) is 14.3 Å². The molecule has 128 valence electrons. The van der Waals surface area contributed by atoms with Gasteiger partial charge in [-0.25, -0.2) is 4.79 Å². The Morgan fingerprint density at radius 3 is 2.36 bits per heavy atom. The number of esters is 1. The fourth-order valence-corrected chi connectivity index (χ4v) is 2.62. The highest BCUT2D eigenvalue weighted by atomic mass is 16.6. The number of hydrogen-bond donors (Lipinski definition) is 0. The Labute approximate surface area is 134 Å². The third-order valence-corrected chi connectivity index (χ3v) is 3.69. The molecule has 1 rings (SSSR count). The second-order valence-electron chi connectivity index (χ2n) is 6.93. The van der Waals surface area contributed by atoms with Crippen molar-refractivity contribution in [3.63, 3.8) is 0 Å². The Morgan fingerprint density at radius 2 is 1.73 bits per heavy atom. The molecule has 1 fully saturated rings. The molecule has 0 aliphatic carbocycles. The summed E-state index contributed by atoms with van der Waals surface area (Å²) in [6, 6.07) is 0. The monoisotopic (exact) mass is 313 g/mol. The van der Waals surface area contributed by atoms with Crippen LogP contribution < -0.4 is 0 Å². The highest BCUT2D eigenvalue weighted by molar-refractivity contribution is 5.74. The van der Waals surface area contributed by atoms with E-state index in [2.05, 4.69) is 0 Å². The van der Waals surface area contributed by atoms with Crippen LogP contribution in [0.3, 0.4) is 0 Å². The summed E-state index contributed by atoms with van der Waals surface area (Å²) in [4.78, 5) is 26.1. The quantitative estimate of drug-likeness (QED) is 0.728. The van der Waals surface area contributed by atoms with Crippen LogP contribution >= 0.6 is 0 Å². The van der Waals surface area contributed by atoms with Gasteiger partial charge in [0, 0.05) is 13.1 Å². The molecule has 1 heterocycles. The average Bonchev–Trinajstić information content (AvgIpc) is 2.42. The summed E-state index contributed by atoms with van der Waals surface area (Å²) in [5.74, 6) is -0.442. The third kappa shape index (κ3) is 7.14. The number of nitrogens with zero attached hydrogens (tertiary/aromatic N) is 1. The number of carbonyl (C=O) groups excluding carboxylic acids is 2. The normalized spacial score (nSPS) is 21.1. The highest BCUT2D eigenvalue weighted by Crippen LogP contribution is 2.19. The Morgan fingerprint density at radius 1 is 1.09 bits per heavy atom. The summed E-state index contributed by atoms with van der Waals surface area (Å²) in [5.41, 5.74) is -0.522. The van der Waals surface area contributed by atoms with Gasteiger partial charge in [0.1, 0.15) is 5.60 Å². The minimum absolute atomic E-state index is 0.198. The lowest BCUT2D eigenvalue weighted by Crippen LogP contribution is -2.42. The van der Waals surface area contributed by atoms with E-state index in [0.29, 0.717) is 19.7 Å². The first kappa shape index (κ1) is 18.8. The number of amides is 1. The summed E-state index contributed by atoms with van der Waals surface area (Å²) in [6.07, 6.45) is 5.81. The van der Waals surface area contributed by atoms with Crippen LogP contribution in [-0.4, -0.2) is 42.3 Å². The van der Waals surface area contributed by atoms with Crippen molar-refractivity contribution in [1.29, 1.82) is 0 Å². The van der Waals surface area contributed by atoms with Crippen LogP contribution in [0.2, 0.25) is 0 Å². The standard InChI is InChI=1S/C17H31NO4/c1-5-21-15(19)14-11-9-7-6-8-10-12-18(13-14)16(20)22-17(2,3)4/h14H,5-13H2,1-4H3. The Balaban J connectivity index is 2.76. The first-order valence-corrected chi connectivity index (χ1v) is 8.48. The van der Waals surface area contributed by atoms with Crippen molar-refractivity contribution >= 4 is 12.1 Å². The largest absolute Gasteiger partial charge is 0.466 e. The molecule has 0 aromatic carbocycles. The van der Waals surface area contributed by atoms with Gasteiger partial charge in [-0.05, 0) is 40.5 Å². The molecule has 1 aliphatic heterocycles. The molecule has 0 radical (unpaired) electrons.